The molecule has 1 amide bonds. The van der Waals surface area contributed by atoms with Crippen LogP contribution in [0.5, 0.6) is 0 Å². The van der Waals surface area contributed by atoms with Crippen molar-refractivity contribution in [3.63, 3.8) is 0 Å². The highest BCUT2D eigenvalue weighted by Crippen LogP contribution is 2.25. The third kappa shape index (κ3) is 4.60. The quantitative estimate of drug-likeness (QED) is 0.346. The van der Waals surface area contributed by atoms with Gasteiger partial charge in [0.15, 0.2) is 10.8 Å². The fourth-order valence-corrected chi connectivity index (χ4v) is 4.02. The van der Waals surface area contributed by atoms with Gasteiger partial charge in [0, 0.05) is 5.69 Å². The Morgan fingerprint density at radius 1 is 1.09 bits per heavy atom. The number of nitrogens with zero attached hydrogens (tertiary/aromatic N) is 3. The van der Waals surface area contributed by atoms with E-state index >= 15 is 0 Å². The minimum Gasteiger partial charge on any atom is -0.325 e. The highest BCUT2D eigenvalue weighted by atomic mass is 32.2. The second-order valence-corrected chi connectivity index (χ2v) is 9.91. The maximum atomic E-state index is 12.7. The smallest absolute Gasteiger partial charge is 0.262 e. The monoisotopic (exact) mass is 447 g/mol. The molecule has 0 spiro atoms. The van der Waals surface area contributed by atoms with E-state index < -0.39 is 5.25 Å². The van der Waals surface area contributed by atoms with E-state index in [1.165, 1.54) is 23.5 Å². The van der Waals surface area contributed by atoms with Crippen molar-refractivity contribution in [2.45, 2.75) is 43.5 Å². The molecule has 0 fully saturated rings. The summed E-state index contributed by atoms with van der Waals surface area (Å²) in [6.07, 6.45) is 1.50. The zero-order chi connectivity index (χ0) is 22.9. The molecule has 0 aliphatic rings. The van der Waals surface area contributed by atoms with Gasteiger partial charge < -0.3 is 10.3 Å². The first-order chi connectivity index (χ1) is 15.2. The lowest BCUT2D eigenvalue weighted by Crippen LogP contribution is -2.23. The van der Waals surface area contributed by atoms with E-state index in [1.807, 2.05) is 54.6 Å². The summed E-state index contributed by atoms with van der Waals surface area (Å²) in [5, 5.41) is 7.53. The lowest BCUT2D eigenvalue weighted by atomic mass is 9.87. The summed E-state index contributed by atoms with van der Waals surface area (Å²) in [5.41, 5.74) is 2.95. The molecule has 2 heterocycles. The number of hydrogen-bond donors (Lipinski definition) is 2. The van der Waals surface area contributed by atoms with Gasteiger partial charge in [-0.05, 0) is 42.2 Å². The number of H-pyrrole nitrogens is 1. The molecule has 164 valence electrons. The molecule has 2 N–H and O–H groups in total. The lowest BCUT2D eigenvalue weighted by Gasteiger charge is -2.19. The number of amides is 1. The highest BCUT2D eigenvalue weighted by molar-refractivity contribution is 8.00. The van der Waals surface area contributed by atoms with Crippen LogP contribution in [0.15, 0.2) is 70.7 Å². The van der Waals surface area contributed by atoms with Crippen molar-refractivity contribution in [1.82, 2.24) is 19.7 Å². The van der Waals surface area contributed by atoms with Crippen LogP contribution < -0.4 is 10.9 Å². The van der Waals surface area contributed by atoms with E-state index in [9.17, 15) is 9.59 Å². The summed E-state index contributed by atoms with van der Waals surface area (Å²) < 4.78 is 1.62. The van der Waals surface area contributed by atoms with E-state index in [0.717, 1.165) is 11.4 Å². The zero-order valence-corrected chi connectivity index (χ0v) is 19.2. The first-order valence-electron chi connectivity index (χ1n) is 10.3. The van der Waals surface area contributed by atoms with Crippen LogP contribution in [-0.2, 0) is 10.2 Å². The molecule has 0 saturated heterocycles. The average molecular weight is 448 g/mol. The topological polar surface area (TPSA) is 92.7 Å². The number of carbonyl (C=O) groups excluding carboxylic acids is 1. The van der Waals surface area contributed by atoms with E-state index in [-0.39, 0.29) is 16.9 Å². The number of rotatable bonds is 5. The first kappa shape index (κ1) is 21.8. The molecule has 0 saturated carbocycles. The van der Waals surface area contributed by atoms with Gasteiger partial charge in [-0.2, -0.15) is 5.10 Å². The van der Waals surface area contributed by atoms with E-state index in [1.54, 1.807) is 11.6 Å². The van der Waals surface area contributed by atoms with Crippen LogP contribution in [0.1, 0.15) is 33.3 Å². The number of aromatic amines is 1. The zero-order valence-electron chi connectivity index (χ0n) is 18.4. The van der Waals surface area contributed by atoms with Gasteiger partial charge >= 0.3 is 0 Å². The predicted molar refractivity (Wildman–Crippen MR) is 129 cm³/mol. The fraction of sp³-hybridized carbons (Fsp3) is 0.250. The van der Waals surface area contributed by atoms with Gasteiger partial charge in [-0.15, -0.1) is 0 Å². The summed E-state index contributed by atoms with van der Waals surface area (Å²) in [5.74, 6) is -0.169. The van der Waals surface area contributed by atoms with Gasteiger partial charge in [-0.25, -0.2) is 9.67 Å². The van der Waals surface area contributed by atoms with Crippen LogP contribution in [0.25, 0.3) is 16.7 Å². The molecule has 0 radical (unpaired) electrons. The fourth-order valence-electron chi connectivity index (χ4n) is 3.23. The molecule has 4 rings (SSSR count). The number of hydrogen-bond acceptors (Lipinski definition) is 5. The first-order valence-corrected chi connectivity index (χ1v) is 11.2. The Kier molecular flexibility index (Phi) is 5.88. The van der Waals surface area contributed by atoms with Crippen molar-refractivity contribution in [3.05, 3.63) is 76.7 Å². The Balaban J connectivity index is 1.52. The second-order valence-electron chi connectivity index (χ2n) is 8.58. The largest absolute Gasteiger partial charge is 0.325 e. The number of benzene rings is 2. The SMILES string of the molecule is C[C@@H](Sc1nc2c(cnn2-c2ccccc2)c(=O)[nH]1)C(=O)Nc1ccc(C(C)(C)C)cc1. The summed E-state index contributed by atoms with van der Waals surface area (Å²) >= 11 is 1.19. The molecule has 2 aromatic carbocycles. The number of thioether (sulfide) groups is 1. The van der Waals surface area contributed by atoms with Crippen molar-refractivity contribution >= 4 is 34.4 Å². The Labute approximate surface area is 190 Å². The molecule has 32 heavy (non-hydrogen) atoms. The molecule has 1 atom stereocenters. The molecule has 2 aromatic heterocycles. The minimum atomic E-state index is -0.467. The number of para-hydroxylation sites is 1. The highest BCUT2D eigenvalue weighted by Gasteiger charge is 2.19. The molecule has 0 aliphatic heterocycles. The van der Waals surface area contributed by atoms with Crippen LogP contribution in [0, 0.1) is 0 Å². The van der Waals surface area contributed by atoms with E-state index in [2.05, 4.69) is 41.2 Å². The Hall–Kier alpha value is -3.39. The van der Waals surface area contributed by atoms with Gasteiger partial charge in [-0.1, -0.05) is 62.9 Å². The molecule has 0 bridgehead atoms. The number of fused-ring (bicyclic) bond motifs is 1. The minimum absolute atomic E-state index is 0.0497. The van der Waals surface area contributed by atoms with Gasteiger partial charge in [0.2, 0.25) is 5.91 Å². The Morgan fingerprint density at radius 3 is 2.44 bits per heavy atom. The summed E-state index contributed by atoms with van der Waals surface area (Å²) in [4.78, 5) is 32.6. The molecule has 0 aliphatic carbocycles. The van der Waals surface area contributed by atoms with Crippen molar-refractivity contribution in [3.8, 4) is 5.69 Å². The third-order valence-corrected chi connectivity index (χ3v) is 6.08. The number of carbonyl (C=O) groups is 1. The van der Waals surface area contributed by atoms with E-state index in [0.29, 0.717) is 16.2 Å². The molecule has 7 nitrogen and oxygen atoms in total. The summed E-state index contributed by atoms with van der Waals surface area (Å²) in [6, 6.07) is 17.3. The Morgan fingerprint density at radius 2 is 1.78 bits per heavy atom. The molecular formula is C24H25N5O2S. The van der Waals surface area contributed by atoms with Crippen LogP contribution in [0.4, 0.5) is 5.69 Å². The number of nitrogens with one attached hydrogen (secondary N) is 2. The maximum Gasteiger partial charge on any atom is 0.262 e. The van der Waals surface area contributed by atoms with Crippen molar-refractivity contribution < 1.29 is 4.79 Å². The normalized spacial score (nSPS) is 12.6. The van der Waals surface area contributed by atoms with Gasteiger partial charge in [0.25, 0.3) is 5.56 Å². The molecule has 4 aromatic rings. The van der Waals surface area contributed by atoms with Crippen LogP contribution >= 0.6 is 11.8 Å². The number of anilines is 1. The van der Waals surface area contributed by atoms with Crippen molar-refractivity contribution in [2.75, 3.05) is 5.32 Å². The molecule has 0 unspecified atom stereocenters. The van der Waals surface area contributed by atoms with Crippen molar-refractivity contribution in [2.24, 2.45) is 0 Å². The third-order valence-electron chi connectivity index (χ3n) is 5.09. The van der Waals surface area contributed by atoms with E-state index in [4.69, 9.17) is 0 Å². The predicted octanol–water partition coefficient (Wildman–Crippen LogP) is 4.53. The van der Waals surface area contributed by atoms with Gasteiger partial charge in [-0.3, -0.25) is 9.59 Å². The lowest BCUT2D eigenvalue weighted by molar-refractivity contribution is -0.115. The van der Waals surface area contributed by atoms with Gasteiger partial charge in [0.1, 0.15) is 5.39 Å². The standard InChI is InChI=1S/C24H25N5O2S/c1-15(21(30)26-17-12-10-16(11-13-17)24(2,3)4)32-23-27-20-19(22(31)28-23)14-25-29(20)18-8-6-5-7-9-18/h5-15H,1-4H3,(H,26,30)(H,27,28,31)/t15-/m1/s1. The second kappa shape index (κ2) is 8.63. The number of aromatic nitrogens is 4. The van der Waals surface area contributed by atoms with Crippen LogP contribution in [0.3, 0.4) is 0 Å². The van der Waals surface area contributed by atoms with Crippen LogP contribution in [0.2, 0.25) is 0 Å². The van der Waals surface area contributed by atoms with Crippen LogP contribution in [-0.4, -0.2) is 30.9 Å². The van der Waals surface area contributed by atoms with Gasteiger partial charge in [0.05, 0.1) is 17.1 Å². The summed E-state index contributed by atoms with van der Waals surface area (Å²) in [6.45, 7) is 8.22. The molecule has 8 heteroatoms. The summed E-state index contributed by atoms with van der Waals surface area (Å²) in [7, 11) is 0. The maximum absolute atomic E-state index is 12.7. The van der Waals surface area contributed by atoms with Crippen molar-refractivity contribution in [1.29, 1.82) is 0 Å². The molecular weight excluding hydrogens is 422 g/mol. The Bertz CT molecular complexity index is 1300. The average Bonchev–Trinajstić information content (AvgIpc) is 3.18.